The van der Waals surface area contributed by atoms with Gasteiger partial charge in [-0.05, 0) is 24.4 Å². The van der Waals surface area contributed by atoms with Crippen molar-refractivity contribution >= 4 is 16.8 Å². The quantitative estimate of drug-likeness (QED) is 0.838. The lowest BCUT2D eigenvalue weighted by molar-refractivity contribution is -0.121. The lowest BCUT2D eigenvalue weighted by Crippen LogP contribution is -2.24. The Kier molecular flexibility index (Phi) is 2.69. The van der Waals surface area contributed by atoms with Gasteiger partial charge in [-0.15, -0.1) is 0 Å². The van der Waals surface area contributed by atoms with E-state index >= 15 is 0 Å². The van der Waals surface area contributed by atoms with Gasteiger partial charge in [-0.1, -0.05) is 25.1 Å². The predicted octanol–water partition coefficient (Wildman–Crippen LogP) is 2.07. The third kappa shape index (κ3) is 1.81. The molecule has 0 spiro atoms. The maximum absolute atomic E-state index is 11.1. The van der Waals surface area contributed by atoms with Gasteiger partial charge in [-0.2, -0.15) is 0 Å². The normalized spacial score (nSPS) is 12.9. The molecular formula is C13H16N2O. The Labute approximate surface area is 94.9 Å². The predicted molar refractivity (Wildman–Crippen MR) is 65.0 cm³/mol. The summed E-state index contributed by atoms with van der Waals surface area (Å²) >= 11 is 0. The summed E-state index contributed by atoms with van der Waals surface area (Å²) in [5.74, 6) is -0.397. The van der Waals surface area contributed by atoms with Gasteiger partial charge >= 0.3 is 0 Å². The average Bonchev–Trinajstić information content (AvgIpc) is 2.55. The molecule has 2 aromatic rings. The van der Waals surface area contributed by atoms with Crippen LogP contribution in [0, 0.1) is 12.8 Å². The minimum Gasteiger partial charge on any atom is -0.369 e. The van der Waals surface area contributed by atoms with Crippen LogP contribution in [0.1, 0.15) is 12.6 Å². The number of carbonyl (C=O) groups is 1. The van der Waals surface area contributed by atoms with Crippen LogP contribution in [0.3, 0.4) is 0 Å². The molecule has 1 unspecified atom stereocenters. The first-order valence-corrected chi connectivity index (χ1v) is 5.44. The van der Waals surface area contributed by atoms with E-state index in [1.54, 1.807) is 0 Å². The maximum atomic E-state index is 11.1. The Morgan fingerprint density at radius 2 is 2.12 bits per heavy atom. The minimum atomic E-state index is -0.253. The first-order chi connectivity index (χ1) is 7.59. The molecule has 0 radical (unpaired) electrons. The number of hydrogen-bond acceptors (Lipinski definition) is 1. The number of nitrogens with two attached hydrogens (primary N) is 1. The van der Waals surface area contributed by atoms with Crippen molar-refractivity contribution in [2.24, 2.45) is 11.7 Å². The van der Waals surface area contributed by atoms with Crippen LogP contribution < -0.4 is 5.73 Å². The number of aromatic nitrogens is 1. The Balaban J connectivity index is 2.43. The van der Waals surface area contributed by atoms with Gasteiger partial charge in [0.25, 0.3) is 0 Å². The van der Waals surface area contributed by atoms with E-state index in [-0.39, 0.29) is 11.8 Å². The molecule has 84 valence electrons. The summed E-state index contributed by atoms with van der Waals surface area (Å²) < 4.78 is 2.14. The number of para-hydroxylation sites is 1. The number of rotatable bonds is 3. The molecule has 1 atom stereocenters. The third-order valence-corrected chi connectivity index (χ3v) is 2.96. The highest BCUT2D eigenvalue weighted by atomic mass is 16.1. The summed E-state index contributed by atoms with van der Waals surface area (Å²) in [6.45, 7) is 4.55. The second-order valence-corrected chi connectivity index (χ2v) is 4.26. The van der Waals surface area contributed by atoms with E-state index in [2.05, 4.69) is 22.8 Å². The maximum Gasteiger partial charge on any atom is 0.222 e. The van der Waals surface area contributed by atoms with Crippen LogP contribution in [-0.4, -0.2) is 10.5 Å². The summed E-state index contributed by atoms with van der Waals surface area (Å²) in [6.07, 6.45) is 0. The molecule has 0 aliphatic rings. The van der Waals surface area contributed by atoms with Crippen LogP contribution in [-0.2, 0) is 11.3 Å². The highest BCUT2D eigenvalue weighted by molar-refractivity contribution is 5.82. The van der Waals surface area contributed by atoms with Gasteiger partial charge in [0.05, 0.1) is 5.92 Å². The number of fused-ring (bicyclic) bond motifs is 1. The highest BCUT2D eigenvalue weighted by Gasteiger charge is 2.12. The van der Waals surface area contributed by atoms with Gasteiger partial charge in [-0.25, -0.2) is 0 Å². The molecule has 0 fully saturated rings. The molecule has 16 heavy (non-hydrogen) atoms. The first kappa shape index (κ1) is 10.7. The zero-order valence-electron chi connectivity index (χ0n) is 9.60. The lowest BCUT2D eigenvalue weighted by Gasteiger charge is -2.12. The second-order valence-electron chi connectivity index (χ2n) is 4.26. The van der Waals surface area contributed by atoms with Crippen molar-refractivity contribution in [1.82, 2.24) is 4.57 Å². The van der Waals surface area contributed by atoms with E-state index in [0.717, 1.165) is 11.2 Å². The summed E-state index contributed by atoms with van der Waals surface area (Å²) in [7, 11) is 0. The van der Waals surface area contributed by atoms with Crippen LogP contribution >= 0.6 is 0 Å². The van der Waals surface area contributed by atoms with Crippen molar-refractivity contribution in [3.8, 4) is 0 Å². The molecule has 1 aromatic carbocycles. The fourth-order valence-corrected chi connectivity index (χ4v) is 1.95. The van der Waals surface area contributed by atoms with Crippen LogP contribution in [0.25, 0.3) is 10.9 Å². The minimum absolute atomic E-state index is 0.144. The number of aryl methyl sites for hydroxylation is 1. The highest BCUT2D eigenvalue weighted by Crippen LogP contribution is 2.20. The Bertz CT molecular complexity index is 528. The van der Waals surface area contributed by atoms with E-state index in [1.165, 1.54) is 5.39 Å². The van der Waals surface area contributed by atoms with Crippen LogP contribution in [0.4, 0.5) is 0 Å². The van der Waals surface area contributed by atoms with Gasteiger partial charge < -0.3 is 10.3 Å². The zero-order valence-corrected chi connectivity index (χ0v) is 9.60. The monoisotopic (exact) mass is 216 g/mol. The Hall–Kier alpha value is -1.77. The fraction of sp³-hybridized carbons (Fsp3) is 0.308. The third-order valence-electron chi connectivity index (χ3n) is 2.96. The molecule has 1 heterocycles. The van der Waals surface area contributed by atoms with Crippen LogP contribution in [0.2, 0.25) is 0 Å². The molecule has 3 nitrogen and oxygen atoms in total. The number of amides is 1. The molecular weight excluding hydrogens is 200 g/mol. The molecule has 0 saturated carbocycles. The van der Waals surface area contributed by atoms with Crippen molar-refractivity contribution < 1.29 is 4.79 Å². The van der Waals surface area contributed by atoms with Gasteiger partial charge in [0.2, 0.25) is 5.91 Å². The molecule has 2 N–H and O–H groups in total. The smallest absolute Gasteiger partial charge is 0.222 e. The van der Waals surface area contributed by atoms with Crippen LogP contribution in [0.5, 0.6) is 0 Å². The van der Waals surface area contributed by atoms with Crippen molar-refractivity contribution in [3.63, 3.8) is 0 Å². The SMILES string of the molecule is Cc1cc2ccccc2n1CC(C)C(N)=O. The molecule has 0 bridgehead atoms. The molecule has 0 saturated heterocycles. The van der Waals surface area contributed by atoms with Crippen molar-refractivity contribution in [3.05, 3.63) is 36.0 Å². The van der Waals surface area contributed by atoms with Crippen LogP contribution in [0.15, 0.2) is 30.3 Å². The lowest BCUT2D eigenvalue weighted by atomic mass is 10.1. The van der Waals surface area contributed by atoms with E-state index in [0.29, 0.717) is 6.54 Å². The number of hydrogen-bond donors (Lipinski definition) is 1. The molecule has 3 heteroatoms. The zero-order chi connectivity index (χ0) is 11.7. The Morgan fingerprint density at radius 1 is 1.44 bits per heavy atom. The molecule has 1 amide bonds. The van der Waals surface area contributed by atoms with E-state index in [9.17, 15) is 4.79 Å². The summed E-state index contributed by atoms with van der Waals surface area (Å²) in [5.41, 5.74) is 7.62. The molecule has 0 aliphatic heterocycles. The van der Waals surface area contributed by atoms with E-state index in [4.69, 9.17) is 5.73 Å². The number of carbonyl (C=O) groups excluding carboxylic acids is 1. The summed E-state index contributed by atoms with van der Waals surface area (Å²) in [4.78, 5) is 11.1. The average molecular weight is 216 g/mol. The summed E-state index contributed by atoms with van der Waals surface area (Å²) in [6, 6.07) is 10.3. The van der Waals surface area contributed by atoms with Crippen molar-refractivity contribution in [2.45, 2.75) is 20.4 Å². The number of primary amides is 1. The van der Waals surface area contributed by atoms with Gasteiger partial charge in [0.1, 0.15) is 0 Å². The molecule has 1 aromatic heterocycles. The molecule has 0 aliphatic carbocycles. The first-order valence-electron chi connectivity index (χ1n) is 5.44. The fourth-order valence-electron chi connectivity index (χ4n) is 1.95. The number of nitrogens with zero attached hydrogens (tertiary/aromatic N) is 1. The molecule has 2 rings (SSSR count). The largest absolute Gasteiger partial charge is 0.369 e. The van der Waals surface area contributed by atoms with E-state index < -0.39 is 0 Å². The summed E-state index contributed by atoms with van der Waals surface area (Å²) in [5, 5.41) is 1.21. The number of benzene rings is 1. The Morgan fingerprint density at radius 3 is 2.81 bits per heavy atom. The van der Waals surface area contributed by atoms with E-state index in [1.807, 2.05) is 26.0 Å². The van der Waals surface area contributed by atoms with Crippen molar-refractivity contribution in [2.75, 3.05) is 0 Å². The van der Waals surface area contributed by atoms with Gasteiger partial charge in [0, 0.05) is 17.8 Å². The standard InChI is InChI=1S/C13H16N2O/c1-9(13(14)16)8-15-10(2)7-11-5-3-4-6-12(11)15/h3-7,9H,8H2,1-2H3,(H2,14,16). The van der Waals surface area contributed by atoms with Gasteiger partial charge in [-0.3, -0.25) is 4.79 Å². The second kappa shape index (κ2) is 4.00. The van der Waals surface area contributed by atoms with Crippen molar-refractivity contribution in [1.29, 1.82) is 0 Å². The van der Waals surface area contributed by atoms with Gasteiger partial charge in [0.15, 0.2) is 0 Å². The topological polar surface area (TPSA) is 48.0 Å².